The Labute approximate surface area is 200 Å². The number of rotatable bonds is 7. The zero-order valence-corrected chi connectivity index (χ0v) is 18.2. The SMILES string of the molecule is N#Cc1ccc(Oc2cccc(NC(=O)c3ccc(C(=O)c4ccc([N+](=O)[O-])cc4)cc3)c2)cc1. The van der Waals surface area contributed by atoms with Gasteiger partial charge in [-0.1, -0.05) is 18.2 Å². The topological polar surface area (TPSA) is 122 Å². The summed E-state index contributed by atoms with van der Waals surface area (Å²) in [7, 11) is 0. The van der Waals surface area contributed by atoms with E-state index in [1.807, 2.05) is 6.07 Å². The lowest BCUT2D eigenvalue weighted by atomic mass is 10.0. The molecule has 8 nitrogen and oxygen atoms in total. The van der Waals surface area contributed by atoms with Crippen LogP contribution in [0.25, 0.3) is 0 Å². The van der Waals surface area contributed by atoms with Gasteiger partial charge in [0.1, 0.15) is 11.5 Å². The number of nitrogens with one attached hydrogen (secondary N) is 1. The number of carbonyl (C=O) groups excluding carboxylic acids is 2. The summed E-state index contributed by atoms with van der Waals surface area (Å²) >= 11 is 0. The Morgan fingerprint density at radius 2 is 1.40 bits per heavy atom. The summed E-state index contributed by atoms with van der Waals surface area (Å²) in [4.78, 5) is 35.5. The molecule has 0 fully saturated rings. The lowest BCUT2D eigenvalue weighted by Crippen LogP contribution is -2.12. The molecule has 0 bridgehead atoms. The van der Waals surface area contributed by atoms with Gasteiger partial charge in [-0.05, 0) is 60.7 Å². The number of nitrogens with zero attached hydrogens (tertiary/aromatic N) is 2. The summed E-state index contributed by atoms with van der Waals surface area (Å²) < 4.78 is 5.77. The van der Waals surface area contributed by atoms with Crippen molar-refractivity contribution in [3.05, 3.63) is 129 Å². The Morgan fingerprint density at radius 1 is 0.800 bits per heavy atom. The summed E-state index contributed by atoms with van der Waals surface area (Å²) in [6.07, 6.45) is 0. The number of hydrogen-bond donors (Lipinski definition) is 1. The number of benzene rings is 4. The zero-order valence-electron chi connectivity index (χ0n) is 18.2. The van der Waals surface area contributed by atoms with E-state index >= 15 is 0 Å². The van der Waals surface area contributed by atoms with Crippen molar-refractivity contribution in [1.82, 2.24) is 0 Å². The fourth-order valence-corrected chi connectivity index (χ4v) is 3.25. The van der Waals surface area contributed by atoms with Crippen LogP contribution in [0.4, 0.5) is 11.4 Å². The molecule has 1 N–H and O–H groups in total. The molecule has 0 unspecified atom stereocenters. The van der Waals surface area contributed by atoms with Crippen LogP contribution in [-0.2, 0) is 0 Å². The molecule has 170 valence electrons. The highest BCUT2D eigenvalue weighted by molar-refractivity contribution is 6.10. The highest BCUT2D eigenvalue weighted by Gasteiger charge is 2.13. The molecule has 1 amide bonds. The van der Waals surface area contributed by atoms with Crippen LogP contribution in [0.1, 0.15) is 31.8 Å². The molecule has 0 spiro atoms. The van der Waals surface area contributed by atoms with E-state index in [0.717, 1.165) is 0 Å². The third-order valence-corrected chi connectivity index (χ3v) is 5.06. The number of ether oxygens (including phenoxy) is 1. The molecular weight excluding hydrogens is 446 g/mol. The van der Waals surface area contributed by atoms with Gasteiger partial charge < -0.3 is 10.1 Å². The highest BCUT2D eigenvalue weighted by Crippen LogP contribution is 2.25. The van der Waals surface area contributed by atoms with E-state index in [-0.39, 0.29) is 17.4 Å². The minimum atomic E-state index is -0.531. The van der Waals surface area contributed by atoms with Crippen LogP contribution in [-0.4, -0.2) is 16.6 Å². The average Bonchev–Trinajstić information content (AvgIpc) is 2.89. The first-order valence-corrected chi connectivity index (χ1v) is 10.4. The third kappa shape index (κ3) is 5.56. The van der Waals surface area contributed by atoms with Crippen LogP contribution in [0.15, 0.2) is 97.1 Å². The van der Waals surface area contributed by atoms with E-state index in [9.17, 15) is 19.7 Å². The van der Waals surface area contributed by atoms with Gasteiger partial charge in [-0.25, -0.2) is 0 Å². The number of non-ortho nitro benzene ring substituents is 1. The summed E-state index contributed by atoms with van der Waals surface area (Å²) in [6, 6.07) is 27.0. The number of carbonyl (C=O) groups is 2. The molecule has 8 heteroatoms. The van der Waals surface area contributed by atoms with Crippen LogP contribution in [0.2, 0.25) is 0 Å². The maximum Gasteiger partial charge on any atom is 0.269 e. The Bertz CT molecular complexity index is 1440. The van der Waals surface area contributed by atoms with Gasteiger partial charge in [0.2, 0.25) is 0 Å². The molecule has 0 atom stereocenters. The number of anilines is 1. The van der Waals surface area contributed by atoms with Crippen LogP contribution in [0.5, 0.6) is 11.5 Å². The van der Waals surface area contributed by atoms with Gasteiger partial charge in [0.25, 0.3) is 11.6 Å². The Hall–Kier alpha value is -5.29. The molecule has 0 saturated heterocycles. The van der Waals surface area contributed by atoms with E-state index in [4.69, 9.17) is 10.00 Å². The van der Waals surface area contributed by atoms with Crippen LogP contribution in [0.3, 0.4) is 0 Å². The maximum absolute atomic E-state index is 12.7. The van der Waals surface area contributed by atoms with Gasteiger partial charge >= 0.3 is 0 Å². The lowest BCUT2D eigenvalue weighted by Gasteiger charge is -2.09. The molecule has 0 aromatic heterocycles. The average molecular weight is 463 g/mol. The predicted octanol–water partition coefficient (Wildman–Crippen LogP) is 5.74. The van der Waals surface area contributed by atoms with Crippen molar-refractivity contribution < 1.29 is 19.2 Å². The molecule has 0 radical (unpaired) electrons. The van der Waals surface area contributed by atoms with Crippen molar-refractivity contribution in [3.8, 4) is 17.6 Å². The Kier molecular flexibility index (Phi) is 6.61. The van der Waals surface area contributed by atoms with E-state index < -0.39 is 4.92 Å². The highest BCUT2D eigenvalue weighted by atomic mass is 16.6. The predicted molar refractivity (Wildman–Crippen MR) is 129 cm³/mol. The smallest absolute Gasteiger partial charge is 0.269 e. The monoisotopic (exact) mass is 463 g/mol. The Morgan fingerprint density at radius 3 is 2.00 bits per heavy atom. The minimum absolute atomic E-state index is 0.0973. The van der Waals surface area contributed by atoms with E-state index in [2.05, 4.69) is 5.32 Å². The number of amides is 1. The second kappa shape index (κ2) is 10.1. The van der Waals surface area contributed by atoms with E-state index in [0.29, 0.717) is 39.4 Å². The summed E-state index contributed by atoms with van der Waals surface area (Å²) in [5.41, 5.74) is 1.97. The normalized spacial score (nSPS) is 10.1. The van der Waals surface area contributed by atoms with Crippen LogP contribution in [0, 0.1) is 21.4 Å². The fourth-order valence-electron chi connectivity index (χ4n) is 3.25. The van der Waals surface area contributed by atoms with Crippen LogP contribution < -0.4 is 10.1 Å². The van der Waals surface area contributed by atoms with Crippen molar-refractivity contribution in [1.29, 1.82) is 5.26 Å². The zero-order chi connectivity index (χ0) is 24.8. The second-order valence-corrected chi connectivity index (χ2v) is 7.43. The quantitative estimate of drug-likeness (QED) is 0.212. The molecule has 0 aliphatic heterocycles. The molecule has 0 heterocycles. The van der Waals surface area contributed by atoms with Gasteiger partial charge in [0.15, 0.2) is 5.78 Å². The summed E-state index contributed by atoms with van der Waals surface area (Å²) in [5, 5.41) is 22.4. The first-order chi connectivity index (χ1) is 16.9. The molecule has 4 rings (SSSR count). The van der Waals surface area contributed by atoms with Crippen molar-refractivity contribution in [2.45, 2.75) is 0 Å². The minimum Gasteiger partial charge on any atom is -0.457 e. The number of nitriles is 1. The van der Waals surface area contributed by atoms with Crippen molar-refractivity contribution >= 4 is 23.1 Å². The third-order valence-electron chi connectivity index (χ3n) is 5.06. The molecule has 35 heavy (non-hydrogen) atoms. The number of nitro benzene ring substituents is 1. The van der Waals surface area contributed by atoms with Gasteiger partial charge in [-0.15, -0.1) is 0 Å². The number of hydrogen-bond acceptors (Lipinski definition) is 6. The number of ketones is 1. The van der Waals surface area contributed by atoms with Gasteiger partial charge in [0, 0.05) is 40.6 Å². The first-order valence-electron chi connectivity index (χ1n) is 10.4. The fraction of sp³-hybridized carbons (Fsp3) is 0. The molecule has 4 aromatic rings. The summed E-state index contributed by atoms with van der Waals surface area (Å²) in [6.45, 7) is 0. The largest absolute Gasteiger partial charge is 0.457 e. The van der Waals surface area contributed by atoms with Crippen molar-refractivity contribution in [2.75, 3.05) is 5.32 Å². The molecule has 0 aliphatic carbocycles. The standard InChI is InChI=1S/C27H17N3O5/c28-17-18-4-14-24(15-5-18)35-25-3-1-2-22(16-25)29-27(32)21-8-6-19(7-9-21)26(31)20-10-12-23(13-11-20)30(33)34/h1-16H,(H,29,32). The second-order valence-electron chi connectivity index (χ2n) is 7.43. The van der Waals surface area contributed by atoms with Crippen molar-refractivity contribution in [3.63, 3.8) is 0 Å². The van der Waals surface area contributed by atoms with Gasteiger partial charge in [-0.2, -0.15) is 5.26 Å². The maximum atomic E-state index is 12.7. The van der Waals surface area contributed by atoms with Gasteiger partial charge in [0.05, 0.1) is 16.6 Å². The summed E-state index contributed by atoms with van der Waals surface area (Å²) in [5.74, 6) is 0.395. The molecular formula is C27H17N3O5. The van der Waals surface area contributed by atoms with Crippen LogP contribution >= 0.6 is 0 Å². The lowest BCUT2D eigenvalue weighted by molar-refractivity contribution is -0.384. The first kappa shape index (κ1) is 22.9. The molecule has 4 aromatic carbocycles. The molecule has 0 aliphatic rings. The van der Waals surface area contributed by atoms with Gasteiger partial charge in [-0.3, -0.25) is 19.7 Å². The van der Waals surface area contributed by atoms with E-state index in [1.165, 1.54) is 48.5 Å². The Balaban J connectivity index is 1.41. The van der Waals surface area contributed by atoms with E-state index in [1.54, 1.807) is 48.5 Å². The number of nitro groups is 1. The van der Waals surface area contributed by atoms with Crippen molar-refractivity contribution in [2.24, 2.45) is 0 Å². The molecule has 0 saturated carbocycles.